The lowest BCUT2D eigenvalue weighted by molar-refractivity contribution is -0.115. The van der Waals surface area contributed by atoms with Crippen molar-refractivity contribution in [3.05, 3.63) is 69.5 Å². The number of halogens is 1. The highest BCUT2D eigenvalue weighted by molar-refractivity contribution is 9.10. The zero-order valence-electron chi connectivity index (χ0n) is 14.8. The lowest BCUT2D eigenvalue weighted by Gasteiger charge is -2.06. The second-order valence-electron chi connectivity index (χ2n) is 6.03. The number of phenolic OH excluding ortho intramolecular Hbond substituents is 1. The van der Waals surface area contributed by atoms with Crippen molar-refractivity contribution in [2.45, 2.75) is 0 Å². The number of phenols is 1. The third-order valence-electron chi connectivity index (χ3n) is 4.21. The zero-order chi connectivity index (χ0) is 19.7. The molecule has 3 aromatic rings. The van der Waals surface area contributed by atoms with Gasteiger partial charge in [0.25, 0.3) is 5.91 Å². The van der Waals surface area contributed by atoms with Crippen LogP contribution in [0.3, 0.4) is 0 Å². The van der Waals surface area contributed by atoms with Crippen molar-refractivity contribution in [1.82, 2.24) is 5.32 Å². The average Bonchev–Trinajstić information content (AvgIpc) is 3.03. The maximum atomic E-state index is 12.4. The molecule has 1 amide bonds. The fraction of sp³-hybridized carbons (Fsp3) is 0.0476. The molecular formula is C21H15BrN2O3S. The number of methoxy groups -OCH3 is 1. The molecule has 5 nitrogen and oxygen atoms in total. The topological polar surface area (TPSA) is 70.9 Å². The minimum Gasteiger partial charge on any atom is -0.503 e. The van der Waals surface area contributed by atoms with Crippen LogP contribution in [0.5, 0.6) is 11.5 Å². The van der Waals surface area contributed by atoms with E-state index in [-0.39, 0.29) is 11.7 Å². The number of nitrogens with one attached hydrogen (secondary N) is 1. The van der Waals surface area contributed by atoms with Crippen LogP contribution in [0, 0.1) is 0 Å². The molecule has 2 N–H and O–H groups in total. The number of fused-ring (bicyclic) bond motifs is 1. The van der Waals surface area contributed by atoms with Gasteiger partial charge in [0.05, 0.1) is 22.2 Å². The first kappa shape index (κ1) is 18.6. The van der Waals surface area contributed by atoms with E-state index >= 15 is 0 Å². The second kappa shape index (κ2) is 7.69. The number of thioether (sulfide) groups is 1. The molecule has 1 aliphatic rings. The van der Waals surface area contributed by atoms with Gasteiger partial charge in [-0.15, -0.1) is 0 Å². The quantitative estimate of drug-likeness (QED) is 0.532. The fourth-order valence-electron chi connectivity index (χ4n) is 2.88. The Hall–Kier alpha value is -2.77. The minimum atomic E-state index is -0.216. The molecule has 0 unspecified atom stereocenters. The standard InChI is InChI=1S/C21H15BrN2O3S/c1-27-17-10-12(9-15(22)19(17)25)11-18-20(26)24-21(28-18)23-16-8-4-6-13-5-2-3-7-14(13)16/h2-11,25H,1H3,(H,23,24,26)/b18-11+. The molecule has 1 aliphatic heterocycles. The van der Waals surface area contributed by atoms with Crippen molar-refractivity contribution in [1.29, 1.82) is 0 Å². The van der Waals surface area contributed by atoms with E-state index < -0.39 is 0 Å². The van der Waals surface area contributed by atoms with Gasteiger partial charge in [0.15, 0.2) is 16.7 Å². The van der Waals surface area contributed by atoms with Crippen LogP contribution in [0.1, 0.15) is 5.56 Å². The average molecular weight is 455 g/mol. The maximum Gasteiger partial charge on any atom is 0.264 e. The lowest BCUT2D eigenvalue weighted by atomic mass is 10.1. The van der Waals surface area contributed by atoms with Gasteiger partial charge in [-0.1, -0.05) is 36.4 Å². The number of nitrogens with zero attached hydrogens (tertiary/aromatic N) is 1. The number of aliphatic imine (C=N–C) groups is 1. The molecule has 1 saturated heterocycles. The van der Waals surface area contributed by atoms with E-state index in [4.69, 9.17) is 4.74 Å². The molecule has 0 aromatic heterocycles. The van der Waals surface area contributed by atoms with E-state index in [0.29, 0.717) is 20.3 Å². The normalized spacial score (nSPS) is 16.7. The summed E-state index contributed by atoms with van der Waals surface area (Å²) < 4.78 is 5.65. The van der Waals surface area contributed by atoms with Crippen molar-refractivity contribution < 1.29 is 14.6 Å². The Morgan fingerprint density at radius 3 is 2.79 bits per heavy atom. The Morgan fingerprint density at radius 1 is 1.18 bits per heavy atom. The van der Waals surface area contributed by atoms with Gasteiger partial charge in [0.2, 0.25) is 0 Å². The third kappa shape index (κ3) is 3.63. The zero-order valence-corrected chi connectivity index (χ0v) is 17.2. The molecule has 0 spiro atoms. The van der Waals surface area contributed by atoms with Crippen LogP contribution in [0.2, 0.25) is 0 Å². The summed E-state index contributed by atoms with van der Waals surface area (Å²) in [7, 11) is 1.48. The Bertz CT molecular complexity index is 1150. The Kier molecular flexibility index (Phi) is 5.11. The third-order valence-corrected chi connectivity index (χ3v) is 5.72. The molecular weight excluding hydrogens is 440 g/mol. The van der Waals surface area contributed by atoms with E-state index in [2.05, 4.69) is 26.2 Å². The molecule has 1 fully saturated rings. The van der Waals surface area contributed by atoms with Gasteiger partial charge in [0, 0.05) is 5.39 Å². The Morgan fingerprint density at radius 2 is 1.96 bits per heavy atom. The number of carbonyl (C=O) groups is 1. The highest BCUT2D eigenvalue weighted by atomic mass is 79.9. The van der Waals surface area contributed by atoms with Crippen molar-refractivity contribution >= 4 is 61.3 Å². The van der Waals surface area contributed by atoms with Crippen LogP contribution in [0.25, 0.3) is 16.8 Å². The first-order chi connectivity index (χ1) is 13.5. The SMILES string of the molecule is COc1cc(/C=C2/SC(=Nc3cccc4ccccc34)NC2=O)cc(Br)c1O. The summed E-state index contributed by atoms with van der Waals surface area (Å²) in [5.41, 5.74) is 1.53. The van der Waals surface area contributed by atoms with E-state index in [0.717, 1.165) is 22.0 Å². The molecule has 0 atom stereocenters. The summed E-state index contributed by atoms with van der Waals surface area (Å²) in [5.74, 6) is 0.132. The van der Waals surface area contributed by atoms with Crippen LogP contribution in [0.15, 0.2) is 69.0 Å². The highest BCUT2D eigenvalue weighted by Gasteiger charge is 2.24. The Balaban J connectivity index is 1.67. The molecule has 1 heterocycles. The molecule has 28 heavy (non-hydrogen) atoms. The number of amidine groups is 1. The van der Waals surface area contributed by atoms with Crippen LogP contribution >= 0.6 is 27.7 Å². The molecule has 4 rings (SSSR count). The van der Waals surface area contributed by atoms with E-state index in [1.54, 1.807) is 18.2 Å². The summed E-state index contributed by atoms with van der Waals surface area (Å²) in [6, 6.07) is 17.3. The van der Waals surface area contributed by atoms with Gasteiger partial charge in [-0.25, -0.2) is 4.99 Å². The summed E-state index contributed by atoms with van der Waals surface area (Å²) >= 11 is 4.56. The maximum absolute atomic E-state index is 12.4. The van der Waals surface area contributed by atoms with Gasteiger partial charge in [-0.2, -0.15) is 0 Å². The van der Waals surface area contributed by atoms with Gasteiger partial charge >= 0.3 is 0 Å². The number of hydrogen-bond acceptors (Lipinski definition) is 5. The molecule has 0 bridgehead atoms. The Labute approximate surface area is 174 Å². The van der Waals surface area contributed by atoms with Crippen LogP contribution in [-0.4, -0.2) is 23.3 Å². The summed E-state index contributed by atoms with van der Waals surface area (Å²) in [4.78, 5) is 17.5. The second-order valence-corrected chi connectivity index (χ2v) is 7.92. The van der Waals surface area contributed by atoms with Crippen molar-refractivity contribution in [2.24, 2.45) is 4.99 Å². The van der Waals surface area contributed by atoms with Crippen molar-refractivity contribution in [2.75, 3.05) is 7.11 Å². The molecule has 7 heteroatoms. The summed E-state index contributed by atoms with van der Waals surface area (Å²) in [6.07, 6.45) is 1.73. The van der Waals surface area contributed by atoms with Crippen LogP contribution in [0.4, 0.5) is 5.69 Å². The van der Waals surface area contributed by atoms with Crippen LogP contribution < -0.4 is 10.1 Å². The number of benzene rings is 3. The first-order valence-electron chi connectivity index (χ1n) is 8.39. The van der Waals surface area contributed by atoms with Crippen molar-refractivity contribution in [3.63, 3.8) is 0 Å². The predicted molar refractivity (Wildman–Crippen MR) is 117 cm³/mol. The molecule has 0 radical (unpaired) electrons. The largest absolute Gasteiger partial charge is 0.503 e. The van der Waals surface area contributed by atoms with E-state index in [1.165, 1.54) is 18.9 Å². The summed E-state index contributed by atoms with van der Waals surface area (Å²) in [6.45, 7) is 0. The number of amides is 1. The number of ether oxygens (including phenoxy) is 1. The van der Waals surface area contributed by atoms with E-state index in [9.17, 15) is 9.90 Å². The lowest BCUT2D eigenvalue weighted by Crippen LogP contribution is -2.19. The molecule has 0 saturated carbocycles. The fourth-order valence-corrected chi connectivity index (χ4v) is 4.17. The highest BCUT2D eigenvalue weighted by Crippen LogP contribution is 2.37. The minimum absolute atomic E-state index is 0.0198. The smallest absolute Gasteiger partial charge is 0.264 e. The van der Waals surface area contributed by atoms with Crippen molar-refractivity contribution in [3.8, 4) is 11.5 Å². The number of carbonyl (C=O) groups excluding carboxylic acids is 1. The summed E-state index contributed by atoms with van der Waals surface area (Å²) in [5, 5.41) is 15.4. The number of rotatable bonds is 3. The van der Waals surface area contributed by atoms with Crippen LogP contribution in [-0.2, 0) is 4.79 Å². The van der Waals surface area contributed by atoms with Gasteiger partial charge in [0.1, 0.15) is 0 Å². The predicted octanol–water partition coefficient (Wildman–Crippen LogP) is 5.21. The van der Waals surface area contributed by atoms with Gasteiger partial charge < -0.3 is 15.2 Å². The van der Waals surface area contributed by atoms with Gasteiger partial charge in [-0.3, -0.25) is 4.79 Å². The molecule has 3 aromatic carbocycles. The number of hydrogen-bond donors (Lipinski definition) is 2. The first-order valence-corrected chi connectivity index (χ1v) is 10.00. The van der Waals surface area contributed by atoms with Gasteiger partial charge in [-0.05, 0) is 62.9 Å². The molecule has 140 valence electrons. The van der Waals surface area contributed by atoms with E-state index in [1.807, 2.05) is 42.5 Å². The number of aromatic hydroxyl groups is 1. The molecule has 0 aliphatic carbocycles. The monoisotopic (exact) mass is 454 g/mol.